The number of cyclic esters (lactones) is 1. The second kappa shape index (κ2) is 8.56. The number of ether oxygens (including phenoxy) is 2. The molecule has 1 amide bonds. The van der Waals surface area contributed by atoms with E-state index in [1.165, 1.54) is 5.56 Å². The molecule has 1 aromatic carbocycles. The van der Waals surface area contributed by atoms with Gasteiger partial charge in [-0.25, -0.2) is 9.59 Å². The van der Waals surface area contributed by atoms with Crippen molar-refractivity contribution in [1.29, 1.82) is 0 Å². The first-order chi connectivity index (χ1) is 11.1. The number of hydrogen-bond acceptors (Lipinski definition) is 4. The van der Waals surface area contributed by atoms with Crippen LogP contribution in [0.1, 0.15) is 51.0 Å². The number of carbonyl (C=O) groups excluding carboxylic acids is 2. The largest absolute Gasteiger partial charge is 0.458 e. The Morgan fingerprint density at radius 1 is 1.30 bits per heavy atom. The Morgan fingerprint density at radius 2 is 2.04 bits per heavy atom. The number of nitrogens with one attached hydrogen (secondary N) is 1. The highest BCUT2D eigenvalue weighted by Gasteiger charge is 2.40. The summed E-state index contributed by atoms with van der Waals surface area (Å²) >= 11 is 0. The van der Waals surface area contributed by atoms with E-state index in [0.29, 0.717) is 12.5 Å². The van der Waals surface area contributed by atoms with Gasteiger partial charge in [-0.2, -0.15) is 0 Å². The molecule has 0 bridgehead atoms. The summed E-state index contributed by atoms with van der Waals surface area (Å²) in [4.78, 5) is 22.9. The van der Waals surface area contributed by atoms with Crippen molar-refractivity contribution >= 4 is 12.1 Å². The molecule has 0 aromatic heterocycles. The summed E-state index contributed by atoms with van der Waals surface area (Å²) in [6.07, 6.45) is 3.32. The van der Waals surface area contributed by atoms with Crippen molar-refractivity contribution in [3.63, 3.8) is 0 Å². The lowest BCUT2D eigenvalue weighted by Crippen LogP contribution is -2.58. The van der Waals surface area contributed by atoms with Crippen LogP contribution in [0.25, 0.3) is 0 Å². The molecular formula is C18H25NO4. The highest BCUT2D eigenvalue weighted by molar-refractivity contribution is 5.86. The first kappa shape index (κ1) is 17.3. The number of carbonyl (C=O) groups is 2. The van der Waals surface area contributed by atoms with Gasteiger partial charge in [0.25, 0.3) is 0 Å². The molecule has 1 aliphatic heterocycles. The molecule has 2 rings (SSSR count). The van der Waals surface area contributed by atoms with Gasteiger partial charge in [0.15, 0.2) is 6.04 Å². The number of rotatable bonds is 8. The van der Waals surface area contributed by atoms with Crippen molar-refractivity contribution in [1.82, 2.24) is 5.32 Å². The maximum atomic E-state index is 11.7. The van der Waals surface area contributed by atoms with Gasteiger partial charge >= 0.3 is 12.1 Å². The van der Waals surface area contributed by atoms with Crippen LogP contribution >= 0.6 is 0 Å². The Hall–Kier alpha value is -2.04. The summed E-state index contributed by atoms with van der Waals surface area (Å²) in [5.41, 5.74) is 1.28. The number of unbranched alkanes of at least 4 members (excludes halogenated alkanes) is 1. The molecule has 23 heavy (non-hydrogen) atoms. The fourth-order valence-electron chi connectivity index (χ4n) is 2.74. The first-order valence-corrected chi connectivity index (χ1v) is 8.30. The van der Waals surface area contributed by atoms with E-state index in [9.17, 15) is 9.59 Å². The van der Waals surface area contributed by atoms with Crippen molar-refractivity contribution in [2.75, 3.05) is 6.61 Å². The van der Waals surface area contributed by atoms with Gasteiger partial charge in [0.05, 0.1) is 6.61 Å². The highest BCUT2D eigenvalue weighted by atomic mass is 16.6. The van der Waals surface area contributed by atoms with E-state index in [1.54, 1.807) is 6.92 Å². The van der Waals surface area contributed by atoms with Crippen molar-refractivity contribution in [3.8, 4) is 0 Å². The molecule has 126 valence electrons. The summed E-state index contributed by atoms with van der Waals surface area (Å²) in [5, 5.41) is 2.54. The first-order valence-electron chi connectivity index (χ1n) is 8.30. The van der Waals surface area contributed by atoms with Gasteiger partial charge in [-0.15, -0.1) is 0 Å². The maximum absolute atomic E-state index is 11.7. The van der Waals surface area contributed by atoms with E-state index in [-0.39, 0.29) is 6.10 Å². The van der Waals surface area contributed by atoms with Crippen LogP contribution in [0.3, 0.4) is 0 Å². The van der Waals surface area contributed by atoms with E-state index in [2.05, 4.69) is 24.4 Å². The summed E-state index contributed by atoms with van der Waals surface area (Å²) < 4.78 is 10.0. The molecule has 1 N–H and O–H groups in total. The van der Waals surface area contributed by atoms with Crippen LogP contribution < -0.4 is 5.32 Å². The molecule has 0 spiro atoms. The minimum Gasteiger partial charge on any atom is -0.458 e. The lowest BCUT2D eigenvalue weighted by molar-refractivity contribution is -0.174. The van der Waals surface area contributed by atoms with Crippen LogP contribution in [-0.2, 0) is 14.3 Å². The summed E-state index contributed by atoms with van der Waals surface area (Å²) in [7, 11) is 0. The fourth-order valence-corrected chi connectivity index (χ4v) is 2.74. The molecular weight excluding hydrogens is 294 g/mol. The number of alkyl carbamates (subject to hydrolysis) is 1. The average molecular weight is 319 g/mol. The number of amides is 1. The number of esters is 1. The van der Waals surface area contributed by atoms with Crippen LogP contribution in [0.15, 0.2) is 30.3 Å². The van der Waals surface area contributed by atoms with Gasteiger partial charge in [0.2, 0.25) is 0 Å². The van der Waals surface area contributed by atoms with E-state index in [1.807, 2.05) is 18.2 Å². The lowest BCUT2D eigenvalue weighted by atomic mass is 9.91. The maximum Gasteiger partial charge on any atom is 0.407 e. The zero-order valence-corrected chi connectivity index (χ0v) is 13.8. The SMILES string of the molecule is CCCCC(CCOC(=O)N[C@H]1C(=O)O[C@H]1C)c1ccccc1. The van der Waals surface area contributed by atoms with E-state index < -0.39 is 18.1 Å². The molecule has 1 heterocycles. The van der Waals surface area contributed by atoms with E-state index in [0.717, 1.165) is 25.7 Å². The third kappa shape index (κ3) is 4.98. The Morgan fingerprint density at radius 3 is 2.65 bits per heavy atom. The standard InChI is InChI=1S/C18H25NO4/c1-3-4-8-15(14-9-6-5-7-10-14)11-12-22-18(21)19-16-13(2)23-17(16)20/h5-7,9-10,13,15-16H,3-4,8,11-12H2,1-2H3,(H,19,21)/t13-,15?,16+/m0/s1. The monoisotopic (exact) mass is 319 g/mol. The molecule has 1 saturated heterocycles. The van der Waals surface area contributed by atoms with Crippen molar-refractivity contribution < 1.29 is 19.1 Å². The van der Waals surface area contributed by atoms with Gasteiger partial charge in [-0.05, 0) is 31.2 Å². The predicted molar refractivity (Wildman–Crippen MR) is 87.2 cm³/mol. The molecule has 1 unspecified atom stereocenters. The smallest absolute Gasteiger partial charge is 0.407 e. The second-order valence-electron chi connectivity index (χ2n) is 5.94. The van der Waals surface area contributed by atoms with E-state index >= 15 is 0 Å². The van der Waals surface area contributed by atoms with Crippen LogP contribution in [0, 0.1) is 0 Å². The van der Waals surface area contributed by atoms with Crippen molar-refractivity contribution in [2.45, 2.75) is 57.6 Å². The van der Waals surface area contributed by atoms with Gasteiger partial charge < -0.3 is 14.8 Å². The Balaban J connectivity index is 1.77. The third-order valence-electron chi connectivity index (χ3n) is 4.18. The Labute approximate surface area is 137 Å². The predicted octanol–water partition coefficient (Wildman–Crippen LogP) is 3.39. The molecule has 0 radical (unpaired) electrons. The minimum absolute atomic E-state index is 0.281. The van der Waals surface area contributed by atoms with Gasteiger partial charge in [-0.1, -0.05) is 50.1 Å². The minimum atomic E-state index is -0.576. The quantitative estimate of drug-likeness (QED) is 0.746. The molecule has 5 nitrogen and oxygen atoms in total. The summed E-state index contributed by atoms with van der Waals surface area (Å²) in [5.74, 6) is -0.0175. The zero-order valence-electron chi connectivity index (χ0n) is 13.8. The number of benzene rings is 1. The van der Waals surface area contributed by atoms with Crippen LogP contribution in [-0.4, -0.2) is 30.8 Å². The molecule has 1 aromatic rings. The van der Waals surface area contributed by atoms with Crippen molar-refractivity contribution in [2.24, 2.45) is 0 Å². The van der Waals surface area contributed by atoms with Crippen LogP contribution in [0.2, 0.25) is 0 Å². The van der Waals surface area contributed by atoms with Gasteiger partial charge in [-0.3, -0.25) is 0 Å². The van der Waals surface area contributed by atoms with Gasteiger partial charge in [0, 0.05) is 0 Å². The Bertz CT molecular complexity index is 517. The topological polar surface area (TPSA) is 64.6 Å². The normalized spacial score (nSPS) is 21.0. The average Bonchev–Trinajstić information content (AvgIpc) is 2.57. The molecule has 5 heteroatoms. The number of hydrogen-bond donors (Lipinski definition) is 1. The van der Waals surface area contributed by atoms with E-state index in [4.69, 9.17) is 9.47 Å². The third-order valence-corrected chi connectivity index (χ3v) is 4.18. The fraction of sp³-hybridized carbons (Fsp3) is 0.556. The van der Waals surface area contributed by atoms with Crippen LogP contribution in [0.5, 0.6) is 0 Å². The van der Waals surface area contributed by atoms with Crippen LogP contribution in [0.4, 0.5) is 4.79 Å². The Kier molecular flexibility index (Phi) is 6.44. The highest BCUT2D eigenvalue weighted by Crippen LogP contribution is 2.25. The summed E-state index contributed by atoms with van der Waals surface area (Å²) in [6, 6.07) is 9.73. The molecule has 3 atom stereocenters. The van der Waals surface area contributed by atoms with Gasteiger partial charge in [0.1, 0.15) is 6.10 Å². The zero-order chi connectivity index (χ0) is 16.7. The molecule has 1 aliphatic rings. The lowest BCUT2D eigenvalue weighted by Gasteiger charge is -2.32. The molecule has 1 fully saturated rings. The molecule has 0 aliphatic carbocycles. The summed E-state index contributed by atoms with van der Waals surface area (Å²) in [6.45, 7) is 4.25. The van der Waals surface area contributed by atoms with Crippen molar-refractivity contribution in [3.05, 3.63) is 35.9 Å². The second-order valence-corrected chi connectivity index (χ2v) is 5.94. The molecule has 0 saturated carbocycles.